The summed E-state index contributed by atoms with van der Waals surface area (Å²) in [5.41, 5.74) is 10.0. The Morgan fingerprint density at radius 1 is 0.946 bits per heavy atom. The predicted molar refractivity (Wildman–Crippen MR) is 165 cm³/mol. The molecule has 0 atom stereocenters. The second-order valence-corrected chi connectivity index (χ2v) is 9.25. The number of benzene rings is 2. The third-order valence-electron chi connectivity index (χ3n) is 6.39. The average Bonchev–Trinajstić information content (AvgIpc) is 3.31. The smallest absolute Gasteiger partial charge is 0.0934 e. The van der Waals surface area contributed by atoms with Gasteiger partial charge in [0.2, 0.25) is 0 Å². The zero-order chi connectivity index (χ0) is 27.2. The quantitative estimate of drug-likeness (QED) is 0.190. The Bertz CT molecular complexity index is 1190. The lowest BCUT2D eigenvalue weighted by Gasteiger charge is -2.22. The molecule has 0 amide bonds. The summed E-state index contributed by atoms with van der Waals surface area (Å²) in [6.07, 6.45) is 14.2. The first-order valence-electron chi connectivity index (χ1n) is 13.4. The van der Waals surface area contributed by atoms with Gasteiger partial charge < -0.3 is 9.47 Å². The largest absolute Gasteiger partial charge is 0.375 e. The number of aryl methyl sites for hydroxylation is 1. The summed E-state index contributed by atoms with van der Waals surface area (Å²) in [4.78, 5) is 6.57. The molecule has 196 valence electrons. The van der Waals surface area contributed by atoms with Crippen LogP contribution in [0, 0.1) is 0 Å². The highest BCUT2D eigenvalue weighted by Gasteiger charge is 2.20. The molecule has 0 saturated carbocycles. The topological polar surface area (TPSA) is 20.5 Å². The van der Waals surface area contributed by atoms with Crippen molar-refractivity contribution in [1.29, 1.82) is 0 Å². The van der Waals surface area contributed by atoms with E-state index in [4.69, 9.17) is 0 Å². The second-order valence-electron chi connectivity index (χ2n) is 9.25. The van der Waals surface area contributed by atoms with Crippen molar-refractivity contribution >= 4 is 18.1 Å². The van der Waals surface area contributed by atoms with Gasteiger partial charge >= 0.3 is 0 Å². The summed E-state index contributed by atoms with van der Waals surface area (Å²) in [6, 6.07) is 19.1. The maximum atomic E-state index is 4.43. The van der Waals surface area contributed by atoms with Crippen LogP contribution in [0.2, 0.25) is 0 Å². The van der Waals surface area contributed by atoms with E-state index in [0.29, 0.717) is 0 Å². The van der Waals surface area contributed by atoms with Crippen LogP contribution in [0.3, 0.4) is 0 Å². The minimum absolute atomic E-state index is 0.904. The van der Waals surface area contributed by atoms with E-state index in [9.17, 15) is 0 Å². The van der Waals surface area contributed by atoms with E-state index in [2.05, 4.69) is 91.4 Å². The molecule has 3 heteroatoms. The van der Waals surface area contributed by atoms with Crippen LogP contribution >= 0.6 is 0 Å². The van der Waals surface area contributed by atoms with Gasteiger partial charge in [-0.05, 0) is 82.9 Å². The summed E-state index contributed by atoms with van der Waals surface area (Å²) in [6.45, 7) is 15.4. The number of hydrogen-bond acceptors (Lipinski definition) is 2. The van der Waals surface area contributed by atoms with E-state index in [-0.39, 0.29) is 0 Å². The highest BCUT2D eigenvalue weighted by atomic mass is 15.1. The Morgan fingerprint density at radius 3 is 2.14 bits per heavy atom. The van der Waals surface area contributed by atoms with Crippen LogP contribution < -0.4 is 0 Å². The molecule has 0 fully saturated rings. The molecule has 1 heterocycles. The fourth-order valence-electron chi connectivity index (χ4n) is 4.66. The number of rotatable bonds is 6. The molecule has 0 aliphatic heterocycles. The van der Waals surface area contributed by atoms with Crippen LogP contribution in [-0.2, 0) is 19.3 Å². The van der Waals surface area contributed by atoms with Crippen molar-refractivity contribution in [1.82, 2.24) is 9.47 Å². The highest BCUT2D eigenvalue weighted by molar-refractivity contribution is 5.90. The Kier molecular flexibility index (Phi) is 12.4. The van der Waals surface area contributed by atoms with Gasteiger partial charge in [0.25, 0.3) is 0 Å². The summed E-state index contributed by atoms with van der Waals surface area (Å²) in [7, 11) is 4.14. The molecule has 3 nitrogen and oxygen atoms in total. The van der Waals surface area contributed by atoms with Gasteiger partial charge in [-0.3, -0.25) is 4.99 Å². The van der Waals surface area contributed by atoms with Gasteiger partial charge in [-0.2, -0.15) is 0 Å². The first-order chi connectivity index (χ1) is 18.0. The molecule has 0 radical (unpaired) electrons. The van der Waals surface area contributed by atoms with E-state index in [1.54, 1.807) is 11.6 Å². The van der Waals surface area contributed by atoms with Crippen molar-refractivity contribution in [3.8, 4) is 5.69 Å². The molecule has 1 aromatic heterocycles. The lowest BCUT2D eigenvalue weighted by molar-refractivity contribution is 0.592. The summed E-state index contributed by atoms with van der Waals surface area (Å²) >= 11 is 0. The summed E-state index contributed by atoms with van der Waals surface area (Å²) in [5, 5.41) is 0. The number of aliphatic imine (C=N–C) groups is 1. The molecule has 0 N–H and O–H groups in total. The van der Waals surface area contributed by atoms with Gasteiger partial charge in [0, 0.05) is 42.8 Å². The lowest BCUT2D eigenvalue weighted by Crippen LogP contribution is -2.13. The van der Waals surface area contributed by atoms with Crippen molar-refractivity contribution in [2.75, 3.05) is 14.1 Å². The molecule has 2 aromatic carbocycles. The Labute approximate surface area is 225 Å². The van der Waals surface area contributed by atoms with E-state index in [1.165, 1.54) is 42.6 Å². The van der Waals surface area contributed by atoms with Crippen LogP contribution in [0.25, 0.3) is 17.1 Å². The molecule has 0 bridgehead atoms. The molecule has 0 spiro atoms. The van der Waals surface area contributed by atoms with E-state index in [0.717, 1.165) is 28.9 Å². The lowest BCUT2D eigenvalue weighted by atomic mass is 9.94. The average molecular weight is 496 g/mol. The van der Waals surface area contributed by atoms with Crippen LogP contribution in [0.15, 0.2) is 90.6 Å². The number of allylic oxidation sites excluding steroid dienone is 3. The molecule has 4 rings (SSSR count). The van der Waals surface area contributed by atoms with Crippen LogP contribution in [0.1, 0.15) is 68.5 Å². The summed E-state index contributed by atoms with van der Waals surface area (Å²) < 4.78 is 2.42. The number of nitrogens with zero attached hydrogens (tertiary/aromatic N) is 3. The SMILES string of the molecule is C/C=C\C.C=CC.C=N/C(=C(/c1cccc(-n2cc(CC)c3c2CCCC3)c1)N(C)C)c1ccccc1. The molecule has 1 aliphatic rings. The minimum atomic E-state index is 0.904. The second kappa shape index (κ2) is 15.5. The summed E-state index contributed by atoms with van der Waals surface area (Å²) in [5.74, 6) is 0. The van der Waals surface area contributed by atoms with Crippen LogP contribution in [0.4, 0.5) is 0 Å². The van der Waals surface area contributed by atoms with Crippen molar-refractivity contribution < 1.29 is 0 Å². The van der Waals surface area contributed by atoms with E-state index >= 15 is 0 Å². The first kappa shape index (κ1) is 29.6. The number of fused-ring (bicyclic) bond motifs is 1. The zero-order valence-electron chi connectivity index (χ0n) is 23.8. The fourth-order valence-corrected chi connectivity index (χ4v) is 4.66. The van der Waals surface area contributed by atoms with Gasteiger partial charge in [-0.1, -0.05) is 67.6 Å². The molecule has 3 aromatic rings. The van der Waals surface area contributed by atoms with Gasteiger partial charge in [0.15, 0.2) is 0 Å². The van der Waals surface area contributed by atoms with E-state index in [1.807, 2.05) is 51.1 Å². The zero-order valence-corrected chi connectivity index (χ0v) is 23.8. The standard InChI is InChI=1S/C27H31N3.C4H8.C3H6/c1-5-20-19-30(25-17-10-9-16-24(20)25)23-15-11-14-22(18-23)27(29(3)4)26(28-2)21-12-7-6-8-13-21;1-3-4-2;1-3-2/h6-8,11-15,18-19H,2,5,9-10,16-17H2,1,3-4H3;3-4H,1-2H3;3H,1H2,2H3/b27-26-;4-3-;. The van der Waals surface area contributed by atoms with Gasteiger partial charge in [0.05, 0.1) is 11.4 Å². The van der Waals surface area contributed by atoms with Gasteiger partial charge in [-0.25, -0.2) is 0 Å². The highest BCUT2D eigenvalue weighted by Crippen LogP contribution is 2.33. The molecular formula is C34H45N3. The molecule has 0 saturated heterocycles. The van der Waals surface area contributed by atoms with Crippen molar-refractivity contribution in [3.05, 3.63) is 114 Å². The van der Waals surface area contributed by atoms with Crippen LogP contribution in [0.5, 0.6) is 0 Å². The molecular weight excluding hydrogens is 450 g/mol. The Morgan fingerprint density at radius 2 is 1.57 bits per heavy atom. The Balaban J connectivity index is 0.000000616. The van der Waals surface area contributed by atoms with Gasteiger partial charge in [-0.15, -0.1) is 6.58 Å². The molecule has 1 aliphatic carbocycles. The molecule has 0 unspecified atom stereocenters. The van der Waals surface area contributed by atoms with Crippen molar-refractivity contribution in [2.24, 2.45) is 4.99 Å². The third-order valence-corrected chi connectivity index (χ3v) is 6.39. The Hall–Kier alpha value is -3.59. The van der Waals surface area contributed by atoms with Crippen molar-refractivity contribution in [2.45, 2.75) is 59.8 Å². The third kappa shape index (κ3) is 7.69. The first-order valence-corrected chi connectivity index (χ1v) is 13.4. The number of aromatic nitrogens is 1. The van der Waals surface area contributed by atoms with Gasteiger partial charge in [0.1, 0.15) is 0 Å². The number of hydrogen-bond donors (Lipinski definition) is 0. The normalized spacial score (nSPS) is 12.8. The maximum Gasteiger partial charge on any atom is 0.0934 e. The molecule has 37 heavy (non-hydrogen) atoms. The van der Waals surface area contributed by atoms with Crippen molar-refractivity contribution in [3.63, 3.8) is 0 Å². The minimum Gasteiger partial charge on any atom is -0.375 e. The van der Waals surface area contributed by atoms with E-state index < -0.39 is 0 Å². The monoisotopic (exact) mass is 495 g/mol. The maximum absolute atomic E-state index is 4.43. The predicted octanol–water partition coefficient (Wildman–Crippen LogP) is 8.78. The van der Waals surface area contributed by atoms with Crippen LogP contribution in [-0.4, -0.2) is 30.3 Å². The fraction of sp³-hybridized carbons (Fsp3) is 0.324.